The Balaban J connectivity index is 1.59. The number of hydrogen-bond acceptors (Lipinski definition) is 4. The number of hydrogen-bond donors (Lipinski definition) is 1. The summed E-state index contributed by atoms with van der Waals surface area (Å²) in [5, 5.41) is 3.19. The van der Waals surface area contributed by atoms with E-state index in [0.29, 0.717) is 0 Å². The van der Waals surface area contributed by atoms with E-state index in [9.17, 15) is 4.79 Å². The minimum atomic E-state index is 0.0224. The molecule has 2 atom stereocenters. The van der Waals surface area contributed by atoms with Gasteiger partial charge in [0.2, 0.25) is 0 Å². The summed E-state index contributed by atoms with van der Waals surface area (Å²) in [7, 11) is 3.91. The van der Waals surface area contributed by atoms with Crippen molar-refractivity contribution in [2.75, 3.05) is 40.3 Å². The topological polar surface area (TPSA) is 44.8 Å². The summed E-state index contributed by atoms with van der Waals surface area (Å²) in [6, 6.07) is 8.20. The molecule has 1 aromatic carbocycles. The van der Waals surface area contributed by atoms with Gasteiger partial charge in [0.1, 0.15) is 0 Å². The molecule has 1 aromatic rings. The van der Waals surface area contributed by atoms with E-state index in [1.165, 1.54) is 12.0 Å². The van der Waals surface area contributed by atoms with Gasteiger partial charge in [0, 0.05) is 45.4 Å². The van der Waals surface area contributed by atoms with E-state index < -0.39 is 0 Å². The van der Waals surface area contributed by atoms with Crippen LogP contribution >= 0.6 is 0 Å². The van der Waals surface area contributed by atoms with Gasteiger partial charge in [-0.05, 0) is 37.6 Å². The Labute approximate surface area is 151 Å². The molecule has 2 aliphatic rings. The zero-order valence-electron chi connectivity index (χ0n) is 15.5. The number of methoxy groups -OCH3 is 1. The Kier molecular flexibility index (Phi) is 6.45. The lowest BCUT2D eigenvalue weighted by Crippen LogP contribution is -2.46. The van der Waals surface area contributed by atoms with E-state index >= 15 is 0 Å². The van der Waals surface area contributed by atoms with Gasteiger partial charge in [-0.1, -0.05) is 25.0 Å². The first-order valence-electron chi connectivity index (χ1n) is 9.49. The average molecular weight is 345 g/mol. The van der Waals surface area contributed by atoms with Gasteiger partial charge in [-0.2, -0.15) is 0 Å². The van der Waals surface area contributed by atoms with Gasteiger partial charge in [-0.15, -0.1) is 0 Å². The Morgan fingerprint density at radius 1 is 1.20 bits per heavy atom. The fourth-order valence-electron chi connectivity index (χ4n) is 3.87. The number of benzene rings is 1. The molecule has 0 spiro atoms. The van der Waals surface area contributed by atoms with E-state index in [4.69, 9.17) is 4.74 Å². The highest BCUT2D eigenvalue weighted by atomic mass is 16.5. The van der Waals surface area contributed by atoms with E-state index in [1.54, 1.807) is 7.11 Å². The Morgan fingerprint density at radius 3 is 2.72 bits per heavy atom. The third-order valence-electron chi connectivity index (χ3n) is 5.51. The molecule has 0 bridgehead atoms. The van der Waals surface area contributed by atoms with Crippen LogP contribution in [-0.4, -0.2) is 68.2 Å². The second-order valence-electron chi connectivity index (χ2n) is 7.42. The summed E-state index contributed by atoms with van der Waals surface area (Å²) in [5.41, 5.74) is 1.97. The summed E-state index contributed by atoms with van der Waals surface area (Å²) in [4.78, 5) is 17.5. The first-order chi connectivity index (χ1) is 12.2. The molecule has 138 valence electrons. The maximum Gasteiger partial charge on any atom is 0.251 e. The van der Waals surface area contributed by atoms with Crippen LogP contribution in [0.25, 0.3) is 0 Å². The predicted octanol–water partition coefficient (Wildman–Crippen LogP) is 2.12. The number of carbonyl (C=O) groups excluding carboxylic acids is 1. The number of ether oxygens (including phenoxy) is 1. The van der Waals surface area contributed by atoms with Crippen molar-refractivity contribution in [1.82, 2.24) is 15.1 Å². The molecule has 1 aliphatic heterocycles. The van der Waals surface area contributed by atoms with Gasteiger partial charge in [-0.3, -0.25) is 9.69 Å². The summed E-state index contributed by atoms with van der Waals surface area (Å²) in [6.45, 7) is 5.31. The minimum absolute atomic E-state index is 0.0224. The van der Waals surface area contributed by atoms with Crippen LogP contribution in [0, 0.1) is 0 Å². The van der Waals surface area contributed by atoms with E-state index in [2.05, 4.69) is 28.2 Å². The number of nitrogens with zero attached hydrogens (tertiary/aromatic N) is 2. The van der Waals surface area contributed by atoms with Gasteiger partial charge in [0.05, 0.1) is 12.1 Å². The number of nitrogens with one attached hydrogen (secondary N) is 1. The highest BCUT2D eigenvalue weighted by molar-refractivity contribution is 5.94. The van der Waals surface area contributed by atoms with Crippen molar-refractivity contribution < 1.29 is 9.53 Å². The van der Waals surface area contributed by atoms with Crippen molar-refractivity contribution in [2.45, 2.75) is 44.4 Å². The summed E-state index contributed by atoms with van der Waals surface area (Å²) >= 11 is 0. The molecule has 2 fully saturated rings. The molecule has 3 rings (SSSR count). The Hall–Kier alpha value is -1.43. The molecule has 0 unspecified atom stereocenters. The zero-order chi connectivity index (χ0) is 17.6. The molecule has 1 N–H and O–H groups in total. The SMILES string of the molecule is CO[C@@H]1CCCC[C@H]1NC(=O)c1cccc(CN2CCN(C)CC2)c1. The summed E-state index contributed by atoms with van der Waals surface area (Å²) in [5.74, 6) is 0.0224. The average Bonchev–Trinajstić information content (AvgIpc) is 2.64. The third kappa shape index (κ3) is 5.03. The molecule has 1 saturated heterocycles. The van der Waals surface area contributed by atoms with Crippen molar-refractivity contribution >= 4 is 5.91 Å². The van der Waals surface area contributed by atoms with Gasteiger partial charge in [0.25, 0.3) is 5.91 Å². The van der Waals surface area contributed by atoms with Crippen LogP contribution in [0.5, 0.6) is 0 Å². The Bertz CT molecular complexity index is 570. The number of amides is 1. The van der Waals surface area contributed by atoms with Gasteiger partial charge < -0.3 is 15.0 Å². The fraction of sp³-hybridized carbons (Fsp3) is 0.650. The first-order valence-corrected chi connectivity index (χ1v) is 9.49. The predicted molar refractivity (Wildman–Crippen MR) is 99.7 cm³/mol. The largest absolute Gasteiger partial charge is 0.379 e. The van der Waals surface area contributed by atoms with Crippen molar-refractivity contribution in [3.05, 3.63) is 35.4 Å². The number of rotatable bonds is 5. The fourth-order valence-corrected chi connectivity index (χ4v) is 3.87. The molecule has 0 radical (unpaired) electrons. The summed E-state index contributed by atoms with van der Waals surface area (Å²) in [6.07, 6.45) is 4.53. The van der Waals surface area contributed by atoms with Gasteiger partial charge in [-0.25, -0.2) is 0 Å². The number of likely N-dealkylation sites (N-methyl/N-ethyl adjacent to an activating group) is 1. The smallest absolute Gasteiger partial charge is 0.251 e. The van der Waals surface area contributed by atoms with E-state index in [-0.39, 0.29) is 18.1 Å². The van der Waals surface area contributed by atoms with Crippen molar-refractivity contribution in [2.24, 2.45) is 0 Å². The van der Waals surface area contributed by atoms with Gasteiger partial charge in [0.15, 0.2) is 0 Å². The molecule has 5 heteroatoms. The molecule has 1 amide bonds. The normalized spacial score (nSPS) is 25.7. The molecule has 1 aliphatic carbocycles. The number of piperazine rings is 1. The molecule has 1 heterocycles. The first kappa shape index (κ1) is 18.4. The van der Waals surface area contributed by atoms with E-state index in [1.807, 2.05) is 18.2 Å². The van der Waals surface area contributed by atoms with Crippen molar-refractivity contribution in [1.29, 1.82) is 0 Å². The molecule has 0 aromatic heterocycles. The Morgan fingerprint density at radius 2 is 1.96 bits per heavy atom. The lowest BCUT2D eigenvalue weighted by Gasteiger charge is -2.32. The zero-order valence-corrected chi connectivity index (χ0v) is 15.5. The molecule has 25 heavy (non-hydrogen) atoms. The quantitative estimate of drug-likeness (QED) is 0.888. The van der Waals surface area contributed by atoms with Crippen molar-refractivity contribution in [3.8, 4) is 0 Å². The maximum atomic E-state index is 12.7. The summed E-state index contributed by atoms with van der Waals surface area (Å²) < 4.78 is 5.55. The molecular formula is C20H31N3O2. The standard InChI is InChI=1S/C20H31N3O2/c1-22-10-12-23(13-11-22)15-16-6-5-7-17(14-16)20(24)21-18-8-3-4-9-19(18)25-2/h5-7,14,18-19H,3-4,8-13,15H2,1-2H3,(H,21,24)/t18-,19-/m1/s1. The van der Waals surface area contributed by atoms with E-state index in [0.717, 1.165) is 57.5 Å². The lowest BCUT2D eigenvalue weighted by atomic mass is 9.92. The van der Waals surface area contributed by atoms with Crippen LogP contribution in [-0.2, 0) is 11.3 Å². The number of carbonyl (C=O) groups is 1. The minimum Gasteiger partial charge on any atom is -0.379 e. The molecular weight excluding hydrogens is 314 g/mol. The second-order valence-corrected chi connectivity index (χ2v) is 7.42. The highest BCUT2D eigenvalue weighted by Crippen LogP contribution is 2.21. The van der Waals surface area contributed by atoms with Gasteiger partial charge >= 0.3 is 0 Å². The monoisotopic (exact) mass is 345 g/mol. The highest BCUT2D eigenvalue weighted by Gasteiger charge is 2.26. The lowest BCUT2D eigenvalue weighted by molar-refractivity contribution is 0.0392. The van der Waals surface area contributed by atoms with Crippen LogP contribution in [0.3, 0.4) is 0 Å². The second kappa shape index (κ2) is 8.79. The third-order valence-corrected chi connectivity index (χ3v) is 5.51. The van der Waals surface area contributed by atoms with Crippen LogP contribution in [0.4, 0.5) is 0 Å². The van der Waals surface area contributed by atoms with Crippen LogP contribution in [0.15, 0.2) is 24.3 Å². The van der Waals surface area contributed by atoms with Crippen LogP contribution in [0.1, 0.15) is 41.6 Å². The van der Waals surface area contributed by atoms with Crippen LogP contribution in [0.2, 0.25) is 0 Å². The molecule has 5 nitrogen and oxygen atoms in total. The van der Waals surface area contributed by atoms with Crippen molar-refractivity contribution in [3.63, 3.8) is 0 Å². The van der Waals surface area contributed by atoms with Crippen LogP contribution < -0.4 is 5.32 Å². The maximum absolute atomic E-state index is 12.7. The molecule has 1 saturated carbocycles.